The van der Waals surface area contributed by atoms with E-state index in [4.69, 9.17) is 18.9 Å². The summed E-state index contributed by atoms with van der Waals surface area (Å²) < 4.78 is 24.5. The van der Waals surface area contributed by atoms with Gasteiger partial charge in [-0.25, -0.2) is 9.79 Å². The Labute approximate surface area is 252 Å². The number of rotatable bonds is 9. The molecule has 0 N–H and O–H groups in total. The minimum absolute atomic E-state index is 0.186. The highest BCUT2D eigenvalue weighted by Gasteiger charge is 2.35. The molecule has 0 bridgehead atoms. The number of methoxy groups -OCH3 is 2. The summed E-state index contributed by atoms with van der Waals surface area (Å²) in [5.74, 6) is 0.978. The number of carbonyl (C=O) groups excluding carboxylic acids is 1. The Hall–Kier alpha value is -5.14. The van der Waals surface area contributed by atoms with Crippen molar-refractivity contribution in [2.45, 2.75) is 26.5 Å². The van der Waals surface area contributed by atoms with Crippen LogP contribution in [0.4, 0.5) is 0 Å². The second-order valence-corrected chi connectivity index (χ2v) is 10.5. The Bertz CT molecular complexity index is 1950. The Morgan fingerprint density at radius 2 is 1.79 bits per heavy atom. The number of benzene rings is 3. The maximum atomic E-state index is 14.0. The number of thiazole rings is 1. The minimum Gasteiger partial charge on any atom is -0.496 e. The Morgan fingerprint density at radius 3 is 2.53 bits per heavy atom. The second kappa shape index (κ2) is 12.8. The highest BCUT2D eigenvalue weighted by atomic mass is 32.1. The van der Waals surface area contributed by atoms with E-state index in [1.165, 1.54) is 23.0 Å². The molecule has 43 heavy (non-hydrogen) atoms. The number of fused-ring (bicyclic) bond motifs is 1. The number of carbonyl (C=O) groups is 1. The van der Waals surface area contributed by atoms with Gasteiger partial charge in [-0.2, -0.15) is 5.26 Å². The molecule has 1 atom stereocenters. The summed E-state index contributed by atoms with van der Waals surface area (Å²) in [4.78, 5) is 32.2. The third-order valence-electron chi connectivity index (χ3n) is 6.96. The molecule has 0 radical (unpaired) electrons. The van der Waals surface area contributed by atoms with E-state index >= 15 is 0 Å². The van der Waals surface area contributed by atoms with E-state index in [2.05, 4.69) is 11.1 Å². The fourth-order valence-corrected chi connectivity index (χ4v) is 5.98. The molecule has 0 aliphatic carbocycles. The summed E-state index contributed by atoms with van der Waals surface area (Å²) in [6, 6.07) is 21.3. The molecule has 0 saturated carbocycles. The van der Waals surface area contributed by atoms with Gasteiger partial charge in [-0.1, -0.05) is 53.8 Å². The number of ether oxygens (including phenoxy) is 4. The van der Waals surface area contributed by atoms with Crippen LogP contribution in [0.25, 0.3) is 6.08 Å². The Kier molecular flexibility index (Phi) is 8.74. The van der Waals surface area contributed by atoms with Gasteiger partial charge >= 0.3 is 5.97 Å². The molecule has 1 aliphatic heterocycles. The zero-order valence-corrected chi connectivity index (χ0v) is 24.9. The van der Waals surface area contributed by atoms with Gasteiger partial charge in [0, 0.05) is 11.1 Å². The number of para-hydroxylation sites is 1. The largest absolute Gasteiger partial charge is 0.496 e. The number of hydrogen-bond acceptors (Lipinski definition) is 9. The smallest absolute Gasteiger partial charge is 0.338 e. The first kappa shape index (κ1) is 29.4. The van der Waals surface area contributed by atoms with Crippen LogP contribution in [-0.4, -0.2) is 31.4 Å². The Morgan fingerprint density at radius 1 is 1.05 bits per heavy atom. The van der Waals surface area contributed by atoms with Crippen molar-refractivity contribution in [3.63, 3.8) is 0 Å². The molecule has 9 nitrogen and oxygen atoms in total. The number of nitriles is 1. The highest BCUT2D eigenvalue weighted by molar-refractivity contribution is 7.07. The number of aromatic nitrogens is 1. The van der Waals surface area contributed by atoms with Gasteiger partial charge in [0.05, 0.1) is 48.3 Å². The van der Waals surface area contributed by atoms with Crippen molar-refractivity contribution in [1.82, 2.24) is 4.57 Å². The van der Waals surface area contributed by atoms with Crippen molar-refractivity contribution < 1.29 is 23.7 Å². The molecule has 2 heterocycles. The first-order valence-electron chi connectivity index (χ1n) is 13.5. The zero-order chi connectivity index (χ0) is 30.5. The SMILES string of the molecule is CCOC(=O)C1=C(C)N=c2s/c(=C/c3ccc(OCc4ccccc4C#N)c(OC)c3)c(=O)n2[C@H]1c1ccccc1OC. The quantitative estimate of drug-likeness (QED) is 0.266. The third-order valence-corrected chi connectivity index (χ3v) is 7.94. The van der Waals surface area contributed by atoms with Crippen LogP contribution in [0.3, 0.4) is 0 Å². The average Bonchev–Trinajstić information content (AvgIpc) is 3.33. The van der Waals surface area contributed by atoms with Gasteiger partial charge in [-0.05, 0) is 49.8 Å². The molecule has 5 rings (SSSR count). The van der Waals surface area contributed by atoms with Crippen LogP contribution in [0, 0.1) is 11.3 Å². The summed E-state index contributed by atoms with van der Waals surface area (Å²) >= 11 is 1.23. The molecule has 218 valence electrons. The molecule has 0 spiro atoms. The monoisotopic (exact) mass is 595 g/mol. The van der Waals surface area contributed by atoms with Crippen molar-refractivity contribution in [3.8, 4) is 23.3 Å². The molecule has 0 saturated heterocycles. The van der Waals surface area contributed by atoms with E-state index in [1.54, 1.807) is 57.4 Å². The van der Waals surface area contributed by atoms with Crippen LogP contribution >= 0.6 is 11.3 Å². The van der Waals surface area contributed by atoms with Crippen LogP contribution in [-0.2, 0) is 16.1 Å². The normalized spacial score (nSPS) is 14.4. The molecule has 10 heteroatoms. The molecule has 0 unspecified atom stereocenters. The summed E-state index contributed by atoms with van der Waals surface area (Å²) in [7, 11) is 3.09. The summed E-state index contributed by atoms with van der Waals surface area (Å²) in [5.41, 5.74) is 3.12. The van der Waals surface area contributed by atoms with Gasteiger partial charge in [0.2, 0.25) is 0 Å². The standard InChI is InChI=1S/C33H29N3O6S/c1-5-41-32(38)29-20(2)35-33-36(30(29)24-12-8-9-13-25(24)39-3)31(37)28(43-33)17-21-14-15-26(27(16-21)40-4)42-19-23-11-7-6-10-22(23)18-34/h6-17,30H,5,19H2,1-4H3/b28-17+/t30-/m0/s1. The van der Waals surface area contributed by atoms with Crippen molar-refractivity contribution in [2.24, 2.45) is 4.99 Å². The number of hydrogen-bond donors (Lipinski definition) is 0. The highest BCUT2D eigenvalue weighted by Crippen LogP contribution is 2.35. The van der Waals surface area contributed by atoms with Gasteiger partial charge in [-0.15, -0.1) is 0 Å². The number of esters is 1. The minimum atomic E-state index is -0.782. The second-order valence-electron chi connectivity index (χ2n) is 9.51. The molecule has 3 aromatic carbocycles. The van der Waals surface area contributed by atoms with Crippen LogP contribution < -0.4 is 29.1 Å². The molecule has 0 amide bonds. The zero-order valence-electron chi connectivity index (χ0n) is 24.1. The van der Waals surface area contributed by atoms with Crippen LogP contribution in [0.15, 0.2) is 87.8 Å². The molecule has 0 fully saturated rings. The molecular weight excluding hydrogens is 566 g/mol. The lowest BCUT2D eigenvalue weighted by Gasteiger charge is -2.25. The van der Waals surface area contributed by atoms with Crippen LogP contribution in [0.2, 0.25) is 0 Å². The Balaban J connectivity index is 1.56. The molecule has 4 aromatic rings. The van der Waals surface area contributed by atoms with E-state index in [9.17, 15) is 14.9 Å². The van der Waals surface area contributed by atoms with Gasteiger partial charge < -0.3 is 18.9 Å². The summed E-state index contributed by atoms with van der Waals surface area (Å²) in [6.07, 6.45) is 1.75. The maximum absolute atomic E-state index is 14.0. The number of allylic oxidation sites excluding steroid dienone is 1. The van der Waals surface area contributed by atoms with Gasteiger partial charge in [-0.3, -0.25) is 9.36 Å². The van der Waals surface area contributed by atoms with Crippen molar-refractivity contribution >= 4 is 23.4 Å². The lowest BCUT2D eigenvalue weighted by molar-refractivity contribution is -0.139. The van der Waals surface area contributed by atoms with Crippen molar-refractivity contribution in [2.75, 3.05) is 20.8 Å². The first-order chi connectivity index (χ1) is 20.9. The lowest BCUT2D eigenvalue weighted by Crippen LogP contribution is -2.40. The number of nitrogens with zero attached hydrogens (tertiary/aromatic N) is 3. The molecular formula is C33H29N3O6S. The summed E-state index contributed by atoms with van der Waals surface area (Å²) in [5, 5.41) is 9.36. The van der Waals surface area contributed by atoms with Gasteiger partial charge in [0.1, 0.15) is 18.4 Å². The topological polar surface area (TPSA) is 112 Å². The summed E-state index contributed by atoms with van der Waals surface area (Å²) in [6.45, 7) is 3.86. The fourth-order valence-electron chi connectivity index (χ4n) is 4.93. The lowest BCUT2D eigenvalue weighted by atomic mass is 9.95. The van der Waals surface area contributed by atoms with Crippen LogP contribution in [0.1, 0.15) is 42.1 Å². The predicted molar refractivity (Wildman–Crippen MR) is 162 cm³/mol. The van der Waals surface area contributed by atoms with Crippen LogP contribution in [0.5, 0.6) is 17.2 Å². The van der Waals surface area contributed by atoms with Crippen molar-refractivity contribution in [1.29, 1.82) is 5.26 Å². The van der Waals surface area contributed by atoms with E-state index in [0.29, 0.717) is 49.0 Å². The third kappa shape index (κ3) is 5.80. The van der Waals surface area contributed by atoms with E-state index in [1.807, 2.05) is 36.4 Å². The van der Waals surface area contributed by atoms with E-state index in [0.717, 1.165) is 5.56 Å². The van der Waals surface area contributed by atoms with Gasteiger partial charge in [0.25, 0.3) is 5.56 Å². The van der Waals surface area contributed by atoms with Crippen molar-refractivity contribution in [3.05, 3.63) is 120 Å². The van der Waals surface area contributed by atoms with E-state index in [-0.39, 0.29) is 24.3 Å². The first-order valence-corrected chi connectivity index (χ1v) is 14.3. The predicted octanol–water partition coefficient (Wildman–Crippen LogP) is 4.27. The maximum Gasteiger partial charge on any atom is 0.338 e. The van der Waals surface area contributed by atoms with Gasteiger partial charge in [0.15, 0.2) is 16.3 Å². The average molecular weight is 596 g/mol. The van der Waals surface area contributed by atoms with E-state index < -0.39 is 12.0 Å². The molecule has 1 aliphatic rings. The molecule has 1 aromatic heterocycles. The fraction of sp³-hybridized carbons (Fsp3) is 0.212.